The van der Waals surface area contributed by atoms with Gasteiger partial charge in [-0.15, -0.1) is 0 Å². The van der Waals surface area contributed by atoms with Crippen LogP contribution in [0.5, 0.6) is 0 Å². The summed E-state index contributed by atoms with van der Waals surface area (Å²) in [6, 6.07) is 6.68. The van der Waals surface area contributed by atoms with Gasteiger partial charge in [-0.2, -0.15) is 0 Å². The Bertz CT molecular complexity index is 371. The molecule has 114 valence electrons. The lowest BCUT2D eigenvalue weighted by molar-refractivity contribution is 0.526. The first kappa shape index (κ1) is 17.8. The summed E-state index contributed by atoms with van der Waals surface area (Å²) in [5.74, 6) is 0. The van der Waals surface area contributed by atoms with Crippen molar-refractivity contribution in [3.8, 4) is 0 Å². The Kier molecular flexibility index (Phi) is 9.37. The molecule has 3 heteroatoms. The molecule has 0 unspecified atom stereocenters. The maximum atomic E-state index is 6.05. The van der Waals surface area contributed by atoms with Crippen molar-refractivity contribution in [1.29, 1.82) is 0 Å². The van der Waals surface area contributed by atoms with Crippen LogP contribution in [0.3, 0.4) is 0 Å². The molecule has 0 radical (unpaired) electrons. The monoisotopic (exact) mass is 359 g/mol. The lowest BCUT2D eigenvalue weighted by atomic mass is 10.0. The van der Waals surface area contributed by atoms with Gasteiger partial charge in [0.15, 0.2) is 0 Å². The van der Waals surface area contributed by atoms with Crippen LogP contribution in [0.1, 0.15) is 65.2 Å². The van der Waals surface area contributed by atoms with Crippen molar-refractivity contribution in [2.45, 2.75) is 71.3 Å². The van der Waals surface area contributed by atoms with Gasteiger partial charge in [0.1, 0.15) is 0 Å². The van der Waals surface area contributed by atoms with Crippen LogP contribution in [0, 0.1) is 0 Å². The highest BCUT2D eigenvalue weighted by Crippen LogP contribution is 2.27. The highest BCUT2D eigenvalue weighted by molar-refractivity contribution is 9.10. The second kappa shape index (κ2) is 10.5. The van der Waals surface area contributed by atoms with Gasteiger partial charge in [-0.25, -0.2) is 0 Å². The highest BCUT2D eigenvalue weighted by Gasteiger charge is 2.09. The van der Waals surface area contributed by atoms with Crippen LogP contribution >= 0.6 is 27.5 Å². The van der Waals surface area contributed by atoms with E-state index in [0.717, 1.165) is 9.50 Å². The Hall–Kier alpha value is -0.210. The highest BCUT2D eigenvalue weighted by atomic mass is 79.9. The van der Waals surface area contributed by atoms with Gasteiger partial charge in [0, 0.05) is 16.2 Å². The van der Waals surface area contributed by atoms with Gasteiger partial charge in [0.2, 0.25) is 0 Å². The lowest BCUT2D eigenvalue weighted by Crippen LogP contribution is -2.19. The largest absolute Gasteiger partial charge is 0.382 e. The number of hydrogen-bond donors (Lipinski definition) is 1. The maximum Gasteiger partial charge on any atom is 0.0549 e. The summed E-state index contributed by atoms with van der Waals surface area (Å²) in [6.45, 7) is 4.52. The minimum atomic E-state index is 0.584. The Morgan fingerprint density at radius 1 is 1.05 bits per heavy atom. The summed E-state index contributed by atoms with van der Waals surface area (Å²) in [6.07, 6.45) is 10.4. The van der Waals surface area contributed by atoms with Crippen molar-refractivity contribution in [2.24, 2.45) is 0 Å². The number of anilines is 1. The quantitative estimate of drug-likeness (QED) is 0.441. The van der Waals surface area contributed by atoms with E-state index in [1.165, 1.54) is 57.1 Å². The van der Waals surface area contributed by atoms with Gasteiger partial charge in [-0.1, -0.05) is 64.0 Å². The lowest BCUT2D eigenvalue weighted by Gasteiger charge is -2.20. The third kappa shape index (κ3) is 6.99. The number of unbranched alkanes of at least 4 members (excludes halogenated alkanes) is 4. The molecule has 0 aliphatic carbocycles. The molecule has 0 saturated carbocycles. The Balaban J connectivity index is 2.54. The fourth-order valence-corrected chi connectivity index (χ4v) is 2.89. The zero-order chi connectivity index (χ0) is 14.8. The van der Waals surface area contributed by atoms with Crippen LogP contribution in [0.2, 0.25) is 5.02 Å². The van der Waals surface area contributed by atoms with Crippen LogP contribution in [-0.2, 0) is 0 Å². The number of benzene rings is 1. The molecule has 1 rings (SSSR count). The summed E-state index contributed by atoms with van der Waals surface area (Å²) >= 11 is 9.54. The third-order valence-electron chi connectivity index (χ3n) is 3.60. The Morgan fingerprint density at radius 2 is 1.65 bits per heavy atom. The molecule has 1 aromatic carbocycles. The molecule has 0 amide bonds. The molecule has 0 bridgehead atoms. The molecule has 0 aliphatic rings. The fourth-order valence-electron chi connectivity index (χ4n) is 2.39. The van der Waals surface area contributed by atoms with Gasteiger partial charge >= 0.3 is 0 Å². The molecule has 0 aliphatic heterocycles. The van der Waals surface area contributed by atoms with Crippen LogP contribution in [0.25, 0.3) is 0 Å². The van der Waals surface area contributed by atoms with Crippen molar-refractivity contribution in [2.75, 3.05) is 5.32 Å². The van der Waals surface area contributed by atoms with Gasteiger partial charge in [0.05, 0.1) is 5.02 Å². The number of nitrogens with one attached hydrogen (secondary N) is 1. The molecule has 0 spiro atoms. The molecule has 0 heterocycles. The van der Waals surface area contributed by atoms with E-state index >= 15 is 0 Å². The van der Waals surface area contributed by atoms with Crippen molar-refractivity contribution >= 4 is 33.2 Å². The standard InChI is InChI=1S/C17H27BrClN/c1-3-5-7-9-14(10-8-6-4-2)20-15-11-12-17(19)16(18)13-15/h11-14,20H,3-10H2,1-2H3. The van der Waals surface area contributed by atoms with Crippen LogP contribution in [0.4, 0.5) is 5.69 Å². The molecule has 0 saturated heterocycles. The van der Waals surface area contributed by atoms with E-state index in [9.17, 15) is 0 Å². The predicted molar refractivity (Wildman–Crippen MR) is 94.8 cm³/mol. The van der Waals surface area contributed by atoms with E-state index in [-0.39, 0.29) is 0 Å². The number of halogens is 2. The molecule has 1 nitrogen and oxygen atoms in total. The third-order valence-corrected chi connectivity index (χ3v) is 4.82. The first-order chi connectivity index (χ1) is 9.67. The van der Waals surface area contributed by atoms with Crippen LogP contribution in [0.15, 0.2) is 22.7 Å². The SMILES string of the molecule is CCCCCC(CCCCC)Nc1ccc(Cl)c(Br)c1. The molecule has 20 heavy (non-hydrogen) atoms. The first-order valence-corrected chi connectivity index (χ1v) is 9.06. The summed E-state index contributed by atoms with van der Waals surface area (Å²) in [7, 11) is 0. The zero-order valence-corrected chi connectivity index (χ0v) is 15.1. The van der Waals surface area contributed by atoms with Crippen molar-refractivity contribution < 1.29 is 0 Å². The number of rotatable bonds is 10. The minimum Gasteiger partial charge on any atom is -0.382 e. The smallest absolute Gasteiger partial charge is 0.0549 e. The van der Waals surface area contributed by atoms with E-state index in [1.54, 1.807) is 0 Å². The second-order valence-electron chi connectivity index (χ2n) is 5.46. The molecule has 0 atom stereocenters. The Morgan fingerprint density at radius 3 is 2.15 bits per heavy atom. The fraction of sp³-hybridized carbons (Fsp3) is 0.647. The molecular formula is C17H27BrClN. The Labute approximate surface area is 137 Å². The number of hydrogen-bond acceptors (Lipinski definition) is 1. The zero-order valence-electron chi connectivity index (χ0n) is 12.7. The molecular weight excluding hydrogens is 334 g/mol. The molecule has 0 fully saturated rings. The van der Waals surface area contributed by atoms with Crippen LogP contribution < -0.4 is 5.32 Å². The summed E-state index contributed by atoms with van der Waals surface area (Å²) in [4.78, 5) is 0. The van der Waals surface area contributed by atoms with Gasteiger partial charge in [-0.05, 0) is 47.0 Å². The second-order valence-corrected chi connectivity index (χ2v) is 6.72. The summed E-state index contributed by atoms with van der Waals surface area (Å²) in [5.41, 5.74) is 1.17. The molecule has 0 aromatic heterocycles. The summed E-state index contributed by atoms with van der Waals surface area (Å²) < 4.78 is 0.963. The predicted octanol–water partition coefficient (Wildman–Crippen LogP) is 7.04. The average molecular weight is 361 g/mol. The first-order valence-electron chi connectivity index (χ1n) is 7.89. The van der Waals surface area contributed by atoms with Crippen molar-refractivity contribution in [1.82, 2.24) is 0 Å². The van der Waals surface area contributed by atoms with E-state index in [1.807, 2.05) is 6.07 Å². The normalized spacial score (nSPS) is 11.1. The van der Waals surface area contributed by atoms with Crippen LogP contribution in [-0.4, -0.2) is 6.04 Å². The van der Waals surface area contributed by atoms with Crippen molar-refractivity contribution in [3.05, 3.63) is 27.7 Å². The average Bonchev–Trinajstić information content (AvgIpc) is 2.43. The van der Waals surface area contributed by atoms with Gasteiger partial charge in [-0.3, -0.25) is 0 Å². The van der Waals surface area contributed by atoms with E-state index < -0.39 is 0 Å². The van der Waals surface area contributed by atoms with Gasteiger partial charge in [0.25, 0.3) is 0 Å². The minimum absolute atomic E-state index is 0.584. The van der Waals surface area contributed by atoms with E-state index in [2.05, 4.69) is 47.2 Å². The summed E-state index contributed by atoms with van der Waals surface area (Å²) in [5, 5.41) is 4.44. The van der Waals surface area contributed by atoms with E-state index in [0.29, 0.717) is 6.04 Å². The van der Waals surface area contributed by atoms with Crippen molar-refractivity contribution in [3.63, 3.8) is 0 Å². The maximum absolute atomic E-state index is 6.05. The van der Waals surface area contributed by atoms with E-state index in [4.69, 9.17) is 11.6 Å². The molecule has 1 N–H and O–H groups in total. The van der Waals surface area contributed by atoms with Gasteiger partial charge < -0.3 is 5.32 Å². The topological polar surface area (TPSA) is 12.0 Å². The molecule has 1 aromatic rings.